The Labute approximate surface area is 181 Å². The van der Waals surface area contributed by atoms with Gasteiger partial charge >= 0.3 is 0 Å². The van der Waals surface area contributed by atoms with Crippen molar-refractivity contribution in [2.24, 2.45) is 0 Å². The lowest BCUT2D eigenvalue weighted by atomic mass is 10.1. The molecule has 1 aliphatic heterocycles. The Morgan fingerprint density at radius 3 is 2.67 bits per heavy atom. The average molecular weight is 464 g/mol. The quantitative estimate of drug-likeness (QED) is 0.494. The number of hydrogen-bond donors (Lipinski definition) is 1. The number of rotatable bonds is 4. The van der Waals surface area contributed by atoms with Crippen LogP contribution in [0.25, 0.3) is 22.7 Å². The molecule has 4 aromatic rings. The van der Waals surface area contributed by atoms with Crippen LogP contribution in [0.3, 0.4) is 0 Å². The number of halogens is 1. The van der Waals surface area contributed by atoms with Gasteiger partial charge in [-0.3, -0.25) is 9.69 Å². The van der Waals surface area contributed by atoms with Crippen molar-refractivity contribution < 1.29 is 4.42 Å². The van der Waals surface area contributed by atoms with Crippen LogP contribution in [0.5, 0.6) is 0 Å². The minimum absolute atomic E-state index is 0.112. The molecule has 1 N–H and O–H groups in total. The van der Waals surface area contributed by atoms with Crippen LogP contribution in [0.15, 0.2) is 68.8 Å². The molecule has 30 heavy (non-hydrogen) atoms. The molecule has 0 atom stereocenters. The van der Waals surface area contributed by atoms with Crippen molar-refractivity contribution in [1.29, 1.82) is 0 Å². The van der Waals surface area contributed by atoms with Gasteiger partial charge in [-0.15, -0.1) is 0 Å². The number of hydrogen-bond acceptors (Lipinski definition) is 6. The van der Waals surface area contributed by atoms with Crippen LogP contribution in [0.1, 0.15) is 17.0 Å². The number of aromatic nitrogens is 4. The zero-order valence-electron chi connectivity index (χ0n) is 16.0. The molecule has 0 aliphatic carbocycles. The molecule has 0 fully saturated rings. The fraction of sp³-hybridized carbons (Fsp3) is 0.182. The molecule has 0 bridgehead atoms. The van der Waals surface area contributed by atoms with E-state index in [1.165, 1.54) is 6.33 Å². The molecule has 0 saturated carbocycles. The first-order chi connectivity index (χ1) is 14.7. The molecule has 0 saturated heterocycles. The van der Waals surface area contributed by atoms with E-state index in [1.54, 1.807) is 12.4 Å². The lowest BCUT2D eigenvalue weighted by Gasteiger charge is -2.26. The molecule has 0 amide bonds. The summed E-state index contributed by atoms with van der Waals surface area (Å²) in [5.74, 6) is 2.22. The van der Waals surface area contributed by atoms with Gasteiger partial charge in [0, 0.05) is 41.9 Å². The van der Waals surface area contributed by atoms with Crippen molar-refractivity contribution in [2.45, 2.75) is 19.5 Å². The van der Waals surface area contributed by atoms with Gasteiger partial charge in [0.2, 0.25) is 0 Å². The highest BCUT2D eigenvalue weighted by molar-refractivity contribution is 9.10. The zero-order valence-corrected chi connectivity index (χ0v) is 17.6. The lowest BCUT2D eigenvalue weighted by Crippen LogP contribution is -2.35. The number of benzene rings is 1. The Bertz CT molecular complexity index is 1230. The molecule has 1 aliphatic rings. The van der Waals surface area contributed by atoms with Gasteiger partial charge in [0.25, 0.3) is 5.56 Å². The molecule has 0 spiro atoms. The first-order valence-corrected chi connectivity index (χ1v) is 10.4. The monoisotopic (exact) mass is 463 g/mol. The van der Waals surface area contributed by atoms with Crippen LogP contribution in [0.2, 0.25) is 0 Å². The Kier molecular flexibility index (Phi) is 5.02. The standard InChI is InChI=1S/C22H18BrN5O2/c23-16-3-1-14(2-4-16)20-6-5-17(30-20)11-28-8-7-19-18(12-28)22(29)27-21(26-19)15-9-24-13-25-10-15/h1-6,9-10,13H,7-8,11-12H2,(H,26,27,29). The van der Waals surface area contributed by atoms with E-state index in [9.17, 15) is 4.79 Å². The van der Waals surface area contributed by atoms with E-state index >= 15 is 0 Å². The van der Waals surface area contributed by atoms with E-state index in [2.05, 4.69) is 40.8 Å². The third-order valence-corrected chi connectivity index (χ3v) is 5.68. The summed E-state index contributed by atoms with van der Waals surface area (Å²) in [7, 11) is 0. The predicted molar refractivity (Wildman–Crippen MR) is 116 cm³/mol. The van der Waals surface area contributed by atoms with Crippen molar-refractivity contribution in [3.63, 3.8) is 0 Å². The normalized spacial score (nSPS) is 13.9. The number of aromatic amines is 1. The second-order valence-electron chi connectivity index (χ2n) is 7.20. The number of nitrogens with zero attached hydrogens (tertiary/aromatic N) is 4. The van der Waals surface area contributed by atoms with Crippen molar-refractivity contribution in [2.75, 3.05) is 6.54 Å². The summed E-state index contributed by atoms with van der Waals surface area (Å²) < 4.78 is 7.07. The van der Waals surface area contributed by atoms with Crippen LogP contribution in [0, 0.1) is 0 Å². The summed E-state index contributed by atoms with van der Waals surface area (Å²) in [6.45, 7) is 1.99. The topological polar surface area (TPSA) is 87.9 Å². The van der Waals surface area contributed by atoms with Gasteiger partial charge in [0.05, 0.1) is 23.4 Å². The Morgan fingerprint density at radius 2 is 1.87 bits per heavy atom. The van der Waals surface area contributed by atoms with Crippen LogP contribution >= 0.6 is 15.9 Å². The molecule has 5 rings (SSSR count). The average Bonchev–Trinajstić information content (AvgIpc) is 3.23. The molecule has 8 heteroatoms. The van der Waals surface area contributed by atoms with Crippen LogP contribution in [-0.4, -0.2) is 31.4 Å². The molecular formula is C22H18BrN5O2. The zero-order chi connectivity index (χ0) is 20.5. The van der Waals surface area contributed by atoms with Gasteiger partial charge in [-0.1, -0.05) is 28.1 Å². The minimum atomic E-state index is -0.112. The highest BCUT2D eigenvalue weighted by Gasteiger charge is 2.22. The van der Waals surface area contributed by atoms with Gasteiger partial charge < -0.3 is 9.40 Å². The van der Waals surface area contributed by atoms with Crippen molar-refractivity contribution >= 4 is 15.9 Å². The Balaban J connectivity index is 1.33. The highest BCUT2D eigenvalue weighted by Crippen LogP contribution is 2.26. The SMILES string of the molecule is O=c1[nH]c(-c2cncnc2)nc2c1CN(Cc1ccc(-c3ccc(Br)cc3)o1)CC2. The lowest BCUT2D eigenvalue weighted by molar-refractivity contribution is 0.223. The molecule has 0 unspecified atom stereocenters. The minimum Gasteiger partial charge on any atom is -0.460 e. The molecule has 7 nitrogen and oxygen atoms in total. The molecule has 1 aromatic carbocycles. The molecule has 150 valence electrons. The van der Waals surface area contributed by atoms with Gasteiger partial charge in [-0.25, -0.2) is 15.0 Å². The first kappa shape index (κ1) is 18.9. The van der Waals surface area contributed by atoms with E-state index in [-0.39, 0.29) is 5.56 Å². The summed E-state index contributed by atoms with van der Waals surface area (Å²) >= 11 is 3.45. The smallest absolute Gasteiger partial charge is 0.255 e. The van der Waals surface area contributed by atoms with Gasteiger partial charge in [-0.2, -0.15) is 0 Å². The van der Waals surface area contributed by atoms with Crippen molar-refractivity contribution in [3.8, 4) is 22.7 Å². The third-order valence-electron chi connectivity index (χ3n) is 5.15. The predicted octanol–water partition coefficient (Wildman–Crippen LogP) is 3.81. The second kappa shape index (κ2) is 7.97. The molecular weight excluding hydrogens is 446 g/mol. The van der Waals surface area contributed by atoms with E-state index in [4.69, 9.17) is 4.42 Å². The maximum absolute atomic E-state index is 12.7. The maximum atomic E-state index is 12.7. The summed E-state index contributed by atoms with van der Waals surface area (Å²) in [4.78, 5) is 30.4. The van der Waals surface area contributed by atoms with Gasteiger partial charge in [0.15, 0.2) is 0 Å². The van der Waals surface area contributed by atoms with E-state index in [0.29, 0.717) is 36.5 Å². The first-order valence-electron chi connectivity index (χ1n) is 9.60. The number of nitrogens with one attached hydrogen (secondary N) is 1. The van der Waals surface area contributed by atoms with Gasteiger partial charge in [-0.05, 0) is 24.3 Å². The van der Waals surface area contributed by atoms with Crippen LogP contribution < -0.4 is 5.56 Å². The van der Waals surface area contributed by atoms with E-state index < -0.39 is 0 Å². The van der Waals surface area contributed by atoms with Crippen LogP contribution in [-0.2, 0) is 19.5 Å². The largest absolute Gasteiger partial charge is 0.460 e. The molecule has 4 heterocycles. The van der Waals surface area contributed by atoms with Crippen LogP contribution in [0.4, 0.5) is 0 Å². The maximum Gasteiger partial charge on any atom is 0.255 e. The van der Waals surface area contributed by atoms with Crippen molar-refractivity contribution in [3.05, 3.63) is 87.0 Å². The van der Waals surface area contributed by atoms with Gasteiger partial charge in [0.1, 0.15) is 23.7 Å². The molecule has 3 aromatic heterocycles. The highest BCUT2D eigenvalue weighted by atomic mass is 79.9. The summed E-state index contributed by atoms with van der Waals surface area (Å²) in [6.07, 6.45) is 5.45. The number of furan rings is 1. The fourth-order valence-electron chi connectivity index (χ4n) is 3.63. The number of fused-ring (bicyclic) bond motifs is 1. The Morgan fingerprint density at radius 1 is 1.07 bits per heavy atom. The second-order valence-corrected chi connectivity index (χ2v) is 8.12. The summed E-state index contributed by atoms with van der Waals surface area (Å²) in [6, 6.07) is 12.0. The number of H-pyrrole nitrogens is 1. The van der Waals surface area contributed by atoms with E-state index in [1.807, 2.05) is 36.4 Å². The summed E-state index contributed by atoms with van der Waals surface area (Å²) in [5, 5.41) is 0. The Hall–Kier alpha value is -3.10. The van der Waals surface area contributed by atoms with E-state index in [0.717, 1.165) is 33.8 Å². The third kappa shape index (κ3) is 3.83. The fourth-order valence-corrected chi connectivity index (χ4v) is 3.89. The molecule has 0 radical (unpaired) electrons. The summed E-state index contributed by atoms with van der Waals surface area (Å²) in [5.41, 5.74) is 3.17. The van der Waals surface area contributed by atoms with Crippen molar-refractivity contribution in [1.82, 2.24) is 24.8 Å².